The molecule has 0 bridgehead atoms. The molecule has 1 unspecified atom stereocenters. The molecule has 4 rings (SSSR count). The highest BCUT2D eigenvalue weighted by atomic mass is 79.9. The Morgan fingerprint density at radius 1 is 1.12 bits per heavy atom. The topological polar surface area (TPSA) is 104 Å². The summed E-state index contributed by atoms with van der Waals surface area (Å²) in [6, 6.07) is 15.1. The number of carbonyl (C=O) groups is 2. The van der Waals surface area contributed by atoms with E-state index in [0.717, 1.165) is 21.3 Å². The van der Waals surface area contributed by atoms with Gasteiger partial charge in [-0.1, -0.05) is 28.1 Å². The van der Waals surface area contributed by atoms with Crippen LogP contribution in [-0.2, 0) is 16.1 Å². The van der Waals surface area contributed by atoms with Crippen LogP contribution in [0.25, 0.3) is 0 Å². The van der Waals surface area contributed by atoms with Crippen LogP contribution in [0.3, 0.4) is 0 Å². The van der Waals surface area contributed by atoms with Crippen molar-refractivity contribution in [2.24, 2.45) is 5.92 Å². The highest BCUT2D eigenvalue weighted by Crippen LogP contribution is 2.29. The molecule has 0 aliphatic carbocycles. The van der Waals surface area contributed by atoms with Crippen molar-refractivity contribution in [2.45, 2.75) is 19.9 Å². The van der Waals surface area contributed by atoms with Crippen LogP contribution in [0.5, 0.6) is 0 Å². The number of H-pyrrole nitrogens is 1. The highest BCUT2D eigenvalue weighted by molar-refractivity contribution is 9.10. The van der Waals surface area contributed by atoms with E-state index < -0.39 is 5.92 Å². The van der Waals surface area contributed by atoms with Gasteiger partial charge in [-0.3, -0.25) is 24.3 Å². The maximum Gasteiger partial charge on any atom is 0.265 e. The Bertz CT molecular complexity index is 1310. The van der Waals surface area contributed by atoms with Crippen LogP contribution in [0.1, 0.15) is 17.5 Å². The lowest BCUT2D eigenvalue weighted by Crippen LogP contribution is -2.28. The number of nitrogens with zero attached hydrogens (tertiary/aromatic N) is 2. The van der Waals surface area contributed by atoms with Crippen molar-refractivity contribution in [3.05, 3.63) is 90.9 Å². The first-order valence-electron chi connectivity index (χ1n) is 10.1. The molecule has 32 heavy (non-hydrogen) atoms. The molecule has 2 amide bonds. The Morgan fingerprint density at radius 2 is 1.94 bits per heavy atom. The fraction of sp³-hybridized carbons (Fsp3) is 0.217. The number of amides is 2. The zero-order valence-corrected chi connectivity index (χ0v) is 18.9. The third kappa shape index (κ3) is 4.72. The lowest BCUT2D eigenvalue weighted by atomic mass is 10.1. The Balaban J connectivity index is 1.45. The van der Waals surface area contributed by atoms with E-state index >= 15 is 0 Å². The number of aromatic nitrogens is 2. The molecule has 164 valence electrons. The van der Waals surface area contributed by atoms with E-state index in [1.165, 1.54) is 16.8 Å². The molecular weight excluding hydrogens is 476 g/mol. The average molecular weight is 497 g/mol. The molecule has 3 aromatic rings. The average Bonchev–Trinajstić information content (AvgIpc) is 3.15. The largest absolute Gasteiger partial charge is 0.326 e. The Hall–Kier alpha value is -3.46. The van der Waals surface area contributed by atoms with Gasteiger partial charge in [0.05, 0.1) is 12.5 Å². The first-order valence-corrected chi connectivity index (χ1v) is 10.9. The van der Waals surface area contributed by atoms with Gasteiger partial charge in [0.1, 0.15) is 0 Å². The fourth-order valence-corrected chi connectivity index (χ4v) is 3.93. The van der Waals surface area contributed by atoms with Crippen LogP contribution in [-0.4, -0.2) is 28.1 Å². The van der Waals surface area contributed by atoms with Gasteiger partial charge in [-0.2, -0.15) is 0 Å². The van der Waals surface area contributed by atoms with E-state index in [-0.39, 0.29) is 35.9 Å². The quantitative estimate of drug-likeness (QED) is 0.566. The van der Waals surface area contributed by atoms with Crippen molar-refractivity contribution in [3.63, 3.8) is 0 Å². The van der Waals surface area contributed by atoms with Crippen LogP contribution in [0.2, 0.25) is 0 Å². The third-order valence-corrected chi connectivity index (χ3v) is 6.26. The second-order valence-electron chi connectivity index (χ2n) is 7.76. The smallest absolute Gasteiger partial charge is 0.265 e. The predicted molar refractivity (Wildman–Crippen MR) is 125 cm³/mol. The van der Waals surface area contributed by atoms with Gasteiger partial charge < -0.3 is 10.2 Å². The number of nitrogens with one attached hydrogen (secondary N) is 2. The van der Waals surface area contributed by atoms with Crippen molar-refractivity contribution in [2.75, 3.05) is 16.8 Å². The maximum absolute atomic E-state index is 12.8. The number of halogens is 1. The van der Waals surface area contributed by atoms with Gasteiger partial charge in [-0.05, 0) is 48.4 Å². The summed E-state index contributed by atoms with van der Waals surface area (Å²) in [7, 11) is 0. The summed E-state index contributed by atoms with van der Waals surface area (Å²) in [4.78, 5) is 50.4. The Morgan fingerprint density at radius 3 is 2.72 bits per heavy atom. The summed E-state index contributed by atoms with van der Waals surface area (Å²) in [5.74, 6) is -0.798. The fourth-order valence-electron chi connectivity index (χ4n) is 3.68. The van der Waals surface area contributed by atoms with Crippen LogP contribution in [0.15, 0.2) is 68.7 Å². The molecule has 1 atom stereocenters. The van der Waals surface area contributed by atoms with Crippen molar-refractivity contribution >= 4 is 39.1 Å². The van der Waals surface area contributed by atoms with Gasteiger partial charge in [0.25, 0.3) is 11.1 Å². The highest BCUT2D eigenvalue weighted by Gasteiger charge is 2.35. The molecule has 0 spiro atoms. The van der Waals surface area contributed by atoms with E-state index in [4.69, 9.17) is 0 Å². The Kier molecular flexibility index (Phi) is 6.09. The summed E-state index contributed by atoms with van der Waals surface area (Å²) in [6.45, 7) is 2.42. The minimum absolute atomic E-state index is 0.0898. The molecule has 8 nitrogen and oxygen atoms in total. The SMILES string of the molecule is Cc1cc(N2CC(C(=O)Nc3cccc(Cn4[nH]c(=O)ccc4=O)c3)CC2=O)ccc1Br. The molecule has 0 saturated carbocycles. The van der Waals surface area contributed by atoms with E-state index in [1.807, 2.05) is 25.1 Å². The maximum atomic E-state index is 12.8. The molecule has 2 N–H and O–H groups in total. The van der Waals surface area contributed by atoms with Crippen LogP contribution < -0.4 is 21.3 Å². The van der Waals surface area contributed by atoms with Gasteiger partial charge in [-0.15, -0.1) is 0 Å². The van der Waals surface area contributed by atoms with Crippen LogP contribution in [0.4, 0.5) is 11.4 Å². The molecule has 1 aromatic heterocycles. The van der Waals surface area contributed by atoms with Gasteiger partial charge in [0.2, 0.25) is 11.8 Å². The standard InChI is InChI=1S/C23H21BrN4O4/c1-14-9-18(5-6-19(14)24)27-13-16(11-22(27)31)23(32)25-17-4-2-3-15(10-17)12-28-21(30)8-7-20(29)26-28/h2-10,16H,11-13H2,1H3,(H,25,32)(H,26,29). The number of carbonyl (C=O) groups excluding carboxylic acids is 2. The number of aromatic amines is 1. The molecule has 0 radical (unpaired) electrons. The minimum Gasteiger partial charge on any atom is -0.326 e. The summed E-state index contributed by atoms with van der Waals surface area (Å²) in [6.07, 6.45) is 0.140. The predicted octanol–water partition coefficient (Wildman–Crippen LogP) is 2.65. The summed E-state index contributed by atoms with van der Waals surface area (Å²) in [5, 5.41) is 5.34. The van der Waals surface area contributed by atoms with E-state index in [9.17, 15) is 19.2 Å². The number of hydrogen-bond donors (Lipinski definition) is 2. The summed E-state index contributed by atoms with van der Waals surface area (Å²) < 4.78 is 2.17. The Labute approximate surface area is 192 Å². The number of hydrogen-bond acceptors (Lipinski definition) is 4. The van der Waals surface area contributed by atoms with Crippen molar-refractivity contribution in [3.8, 4) is 0 Å². The first kappa shape index (κ1) is 21.8. The first-order chi connectivity index (χ1) is 15.3. The third-order valence-electron chi connectivity index (χ3n) is 5.37. The number of anilines is 2. The van der Waals surface area contributed by atoms with Gasteiger partial charge in [0, 0.05) is 40.9 Å². The van der Waals surface area contributed by atoms with Crippen molar-refractivity contribution in [1.82, 2.24) is 9.78 Å². The molecule has 1 aliphatic heterocycles. The summed E-state index contributed by atoms with van der Waals surface area (Å²) >= 11 is 3.46. The summed E-state index contributed by atoms with van der Waals surface area (Å²) in [5.41, 5.74) is 2.39. The van der Waals surface area contributed by atoms with Gasteiger partial charge >= 0.3 is 0 Å². The van der Waals surface area contributed by atoms with Crippen molar-refractivity contribution in [1.29, 1.82) is 0 Å². The van der Waals surface area contributed by atoms with E-state index in [2.05, 4.69) is 26.3 Å². The molecule has 9 heteroatoms. The van der Waals surface area contributed by atoms with Crippen LogP contribution >= 0.6 is 15.9 Å². The van der Waals surface area contributed by atoms with E-state index in [1.54, 1.807) is 29.2 Å². The second-order valence-corrected chi connectivity index (χ2v) is 8.62. The molecule has 2 heterocycles. The monoisotopic (exact) mass is 496 g/mol. The molecule has 1 aliphatic rings. The van der Waals surface area contributed by atoms with Crippen LogP contribution in [0, 0.1) is 12.8 Å². The van der Waals surface area contributed by atoms with Gasteiger partial charge in [0.15, 0.2) is 0 Å². The minimum atomic E-state index is -0.469. The number of rotatable bonds is 5. The lowest BCUT2D eigenvalue weighted by Gasteiger charge is -2.18. The lowest BCUT2D eigenvalue weighted by molar-refractivity contribution is -0.122. The normalized spacial score (nSPS) is 15.8. The zero-order chi connectivity index (χ0) is 22.8. The molecule has 1 fully saturated rings. The molecular formula is C23H21BrN4O4. The van der Waals surface area contributed by atoms with Crippen molar-refractivity contribution < 1.29 is 9.59 Å². The number of aryl methyl sites for hydroxylation is 1. The second kappa shape index (κ2) is 8.96. The molecule has 1 saturated heterocycles. The zero-order valence-electron chi connectivity index (χ0n) is 17.3. The number of benzene rings is 2. The van der Waals surface area contributed by atoms with Gasteiger partial charge in [-0.25, -0.2) is 4.68 Å². The van der Waals surface area contributed by atoms with E-state index in [0.29, 0.717) is 12.2 Å². The molecule has 2 aromatic carbocycles.